The monoisotopic (exact) mass is 910 g/mol. The van der Waals surface area contributed by atoms with Crippen LogP contribution in [0.25, 0.3) is 22.3 Å². The zero-order chi connectivity index (χ0) is 45.3. The molecule has 4 fully saturated rings. The van der Waals surface area contributed by atoms with Crippen molar-refractivity contribution in [3.8, 4) is 22.9 Å². The number of amides is 4. The van der Waals surface area contributed by atoms with Gasteiger partial charge in [0.15, 0.2) is 5.13 Å². The number of thiazole rings is 1. The number of rotatable bonds is 11. The summed E-state index contributed by atoms with van der Waals surface area (Å²) >= 11 is 1.45. The van der Waals surface area contributed by atoms with Crippen LogP contribution in [0.2, 0.25) is 0 Å². The number of methoxy groups -OCH3 is 1. The van der Waals surface area contributed by atoms with E-state index in [2.05, 4.69) is 21.3 Å². The molecule has 17 nitrogen and oxygen atoms in total. The molecule has 3 aliphatic heterocycles. The van der Waals surface area contributed by atoms with Crippen LogP contribution in [-0.2, 0) is 24.4 Å². The highest BCUT2D eigenvalue weighted by molar-refractivity contribution is 7.89. The van der Waals surface area contributed by atoms with Crippen LogP contribution in [-0.4, -0.2) is 125 Å². The first-order valence-corrected chi connectivity index (χ1v) is 24.6. The van der Waals surface area contributed by atoms with Crippen LogP contribution in [0.1, 0.15) is 98.8 Å². The van der Waals surface area contributed by atoms with Gasteiger partial charge in [-0.25, -0.2) is 28.0 Å². The predicted molar refractivity (Wildman–Crippen MR) is 240 cm³/mol. The molecule has 19 heteroatoms. The number of carboxylic acid groups (broad SMARTS) is 1. The summed E-state index contributed by atoms with van der Waals surface area (Å²) in [5.41, 5.74) is -0.199. The van der Waals surface area contributed by atoms with E-state index in [1.807, 2.05) is 46.1 Å². The van der Waals surface area contributed by atoms with Gasteiger partial charge in [0.25, 0.3) is 0 Å². The molecular weight excluding hydrogens is 849 g/mol. The van der Waals surface area contributed by atoms with Gasteiger partial charge in [-0.05, 0) is 69.4 Å². The van der Waals surface area contributed by atoms with E-state index in [1.54, 1.807) is 25.3 Å². The van der Waals surface area contributed by atoms with Crippen LogP contribution < -0.4 is 30.7 Å². The number of carbonyl (C=O) groups excluding carboxylic acids is 3. The van der Waals surface area contributed by atoms with Gasteiger partial charge >= 0.3 is 12.0 Å². The van der Waals surface area contributed by atoms with Gasteiger partial charge in [0.05, 0.1) is 30.6 Å². The SMILES string of the molecule is COc1ccc2c(O[C@@H]3C[C@H]4C(=O)N[C@]5(C(=O)O)CCC5CCCCCC[C@H](NC(=O)NC(CN5CCCS5(=O)=O)C(C)(C)C)C(=O)N4C3)cc(-c3csc(NC(C)C)n3)nc2c1. The number of anilines is 1. The Labute approximate surface area is 373 Å². The Hall–Kier alpha value is -4.75. The molecule has 2 unspecified atom stereocenters. The maximum Gasteiger partial charge on any atom is 0.329 e. The summed E-state index contributed by atoms with van der Waals surface area (Å²) in [7, 11) is -1.86. The number of carboxylic acids is 1. The van der Waals surface area contributed by atoms with Gasteiger partial charge in [-0.2, -0.15) is 4.31 Å². The standard InChI is InChI=1S/C44H62N8O9S2/c1-26(2)45-42-48-34(25-62-42)33-22-36(30-15-14-28(60-6)20-32(30)46-33)61-29-21-35-38(53)50-44(40(55)56)17-16-27(44)12-9-7-8-10-13-31(39(54)52(35)23-29)47-41(57)49-37(43(3,4)5)24-51-18-11-19-63(51,58)59/h14-15,20,22,25-27,29,31,35,37H,7-13,16-19,21,23-24H2,1-6H3,(H,45,48)(H,50,53)(H,55,56)(H2,47,49,57)/t27?,29-,31+,35+,37?,44-/m1/s1. The lowest BCUT2D eigenvalue weighted by molar-refractivity contribution is -0.158. The van der Waals surface area contributed by atoms with Crippen LogP contribution >= 0.6 is 11.3 Å². The van der Waals surface area contributed by atoms with Crippen LogP contribution in [0, 0.1) is 11.3 Å². The minimum absolute atomic E-state index is 0.0217. The number of aliphatic carboxylic acids is 1. The van der Waals surface area contributed by atoms with Gasteiger partial charge in [0.2, 0.25) is 21.8 Å². The number of sulfonamides is 1. The lowest BCUT2D eigenvalue weighted by Crippen LogP contribution is -2.67. The second kappa shape index (κ2) is 18.8. The fourth-order valence-electron chi connectivity index (χ4n) is 9.17. The van der Waals surface area contributed by atoms with E-state index < -0.39 is 69.0 Å². The van der Waals surface area contributed by atoms with Crippen molar-refractivity contribution in [2.45, 2.75) is 135 Å². The van der Waals surface area contributed by atoms with Crippen molar-refractivity contribution in [3.05, 3.63) is 29.6 Å². The van der Waals surface area contributed by atoms with Gasteiger partial charge < -0.3 is 40.7 Å². The summed E-state index contributed by atoms with van der Waals surface area (Å²) in [6, 6.07) is 4.07. The first-order chi connectivity index (χ1) is 29.9. The molecule has 3 saturated heterocycles. The summed E-state index contributed by atoms with van der Waals surface area (Å²) in [6.45, 7) is 10.3. The first kappa shape index (κ1) is 46.2. The van der Waals surface area contributed by atoms with Crippen molar-refractivity contribution in [2.75, 3.05) is 37.8 Å². The molecule has 0 spiro atoms. The molecule has 1 aliphatic carbocycles. The van der Waals surface area contributed by atoms with Crippen molar-refractivity contribution in [2.24, 2.45) is 11.3 Å². The first-order valence-electron chi connectivity index (χ1n) is 22.2. The van der Waals surface area contributed by atoms with Crippen molar-refractivity contribution >= 4 is 61.2 Å². The molecule has 63 heavy (non-hydrogen) atoms. The van der Waals surface area contributed by atoms with Crippen molar-refractivity contribution in [1.29, 1.82) is 0 Å². The molecule has 0 radical (unpaired) electrons. The molecule has 344 valence electrons. The Morgan fingerprint density at radius 3 is 2.46 bits per heavy atom. The number of carbonyl (C=O) groups is 4. The number of nitrogens with zero attached hydrogens (tertiary/aromatic N) is 4. The minimum Gasteiger partial charge on any atom is -0.497 e. The summed E-state index contributed by atoms with van der Waals surface area (Å²) in [5, 5.41) is 26.0. The van der Waals surface area contributed by atoms with Crippen LogP contribution in [0.3, 0.4) is 0 Å². The second-order valence-electron chi connectivity index (χ2n) is 18.8. The van der Waals surface area contributed by atoms with Crippen molar-refractivity contribution < 1.29 is 42.2 Å². The highest BCUT2D eigenvalue weighted by Gasteiger charge is 2.55. The van der Waals surface area contributed by atoms with Gasteiger partial charge in [-0.1, -0.05) is 46.5 Å². The molecule has 4 amide bonds. The number of urea groups is 1. The summed E-state index contributed by atoms with van der Waals surface area (Å²) < 4.78 is 39.2. The smallest absolute Gasteiger partial charge is 0.329 e. The molecule has 4 aliphatic rings. The maximum absolute atomic E-state index is 14.9. The third-order valence-corrected chi connectivity index (χ3v) is 15.6. The third kappa shape index (κ3) is 10.3. The molecule has 5 heterocycles. The van der Waals surface area contributed by atoms with Gasteiger partial charge in [0.1, 0.15) is 40.9 Å². The molecule has 2 aromatic heterocycles. The highest BCUT2D eigenvalue weighted by Crippen LogP contribution is 2.43. The molecular formula is C44H62N8O9S2. The van der Waals surface area contributed by atoms with E-state index in [-0.39, 0.29) is 43.6 Å². The Morgan fingerprint density at radius 2 is 1.81 bits per heavy atom. The van der Waals surface area contributed by atoms with Crippen molar-refractivity contribution in [3.63, 3.8) is 0 Å². The quantitative estimate of drug-likeness (QED) is 0.164. The molecule has 7 rings (SSSR count). The molecule has 1 aromatic carbocycles. The molecule has 3 aromatic rings. The van der Waals surface area contributed by atoms with E-state index in [0.29, 0.717) is 72.4 Å². The lowest BCUT2D eigenvalue weighted by atomic mass is 9.64. The Bertz CT molecular complexity index is 2300. The average molecular weight is 911 g/mol. The minimum atomic E-state index is -3.43. The lowest BCUT2D eigenvalue weighted by Gasteiger charge is -2.47. The number of hydrogen-bond acceptors (Lipinski definition) is 12. The van der Waals surface area contributed by atoms with Gasteiger partial charge in [-0.15, -0.1) is 11.3 Å². The van der Waals surface area contributed by atoms with Crippen LogP contribution in [0.4, 0.5) is 9.93 Å². The second-order valence-corrected chi connectivity index (χ2v) is 21.8. The zero-order valence-corrected chi connectivity index (χ0v) is 38.7. The van der Waals surface area contributed by atoms with E-state index in [0.717, 1.165) is 24.4 Å². The Kier molecular flexibility index (Phi) is 13.8. The number of hydrogen-bond donors (Lipinski definition) is 5. The Balaban J connectivity index is 1.19. The summed E-state index contributed by atoms with van der Waals surface area (Å²) in [6.07, 6.45) is 4.71. The predicted octanol–water partition coefficient (Wildman–Crippen LogP) is 5.36. The van der Waals surface area contributed by atoms with E-state index in [9.17, 15) is 32.7 Å². The summed E-state index contributed by atoms with van der Waals surface area (Å²) in [4.78, 5) is 67.3. The fraction of sp³-hybridized carbons (Fsp3) is 0.636. The van der Waals surface area contributed by atoms with Crippen LogP contribution in [0.15, 0.2) is 29.6 Å². The van der Waals surface area contributed by atoms with E-state index >= 15 is 0 Å². The van der Waals surface area contributed by atoms with E-state index in [1.165, 1.54) is 20.5 Å². The molecule has 6 atom stereocenters. The van der Waals surface area contributed by atoms with Gasteiger partial charge in [-0.3, -0.25) is 9.59 Å². The van der Waals surface area contributed by atoms with Crippen LogP contribution in [0.5, 0.6) is 11.5 Å². The molecule has 0 bridgehead atoms. The normalized spacial score (nSPS) is 26.2. The average Bonchev–Trinajstić information content (AvgIpc) is 3.94. The number of benzene rings is 1. The molecule has 1 saturated carbocycles. The number of fused-ring (bicyclic) bond motifs is 3. The van der Waals surface area contributed by atoms with Crippen molar-refractivity contribution in [1.82, 2.24) is 35.1 Å². The number of aromatic nitrogens is 2. The molecule has 5 N–H and O–H groups in total. The maximum atomic E-state index is 14.9. The largest absolute Gasteiger partial charge is 0.497 e. The third-order valence-electron chi connectivity index (χ3n) is 13.0. The number of pyridine rings is 1. The highest BCUT2D eigenvalue weighted by atomic mass is 32.2. The number of ether oxygens (including phenoxy) is 2. The Morgan fingerprint density at radius 1 is 1.05 bits per heavy atom. The zero-order valence-electron chi connectivity index (χ0n) is 37.1. The number of nitrogens with one attached hydrogen (secondary N) is 4. The fourth-order valence-corrected chi connectivity index (χ4v) is 11.6. The van der Waals surface area contributed by atoms with E-state index in [4.69, 9.17) is 19.4 Å². The van der Waals surface area contributed by atoms with Gasteiger partial charge in [0, 0.05) is 54.5 Å². The summed E-state index contributed by atoms with van der Waals surface area (Å²) in [5.74, 6) is -1.28. The topological polar surface area (TPSA) is 221 Å².